The molecule has 1 rings (SSSR count). The van der Waals surface area contributed by atoms with Gasteiger partial charge in [-0.15, -0.1) is 0 Å². The molecule has 0 atom stereocenters. The van der Waals surface area contributed by atoms with Crippen molar-refractivity contribution in [1.29, 1.82) is 0 Å². The number of rotatable bonds is 10. The zero-order valence-corrected chi connectivity index (χ0v) is 13.2. The molecule has 0 bridgehead atoms. The number of nitrogens with one attached hydrogen (secondary N) is 1. The van der Waals surface area contributed by atoms with Gasteiger partial charge in [-0.3, -0.25) is 0 Å². The molecule has 0 spiro atoms. The average Bonchev–Trinajstić information content (AvgIpc) is 2.42. The molecule has 0 fully saturated rings. The minimum atomic E-state index is -0.918. The number of carboxylic acid groups (broad SMARTS) is 1. The van der Waals surface area contributed by atoms with Crippen molar-refractivity contribution in [3.8, 4) is 0 Å². The van der Waals surface area contributed by atoms with Crippen molar-refractivity contribution in [3.63, 3.8) is 0 Å². The van der Waals surface area contributed by atoms with Crippen molar-refractivity contribution in [3.05, 3.63) is 23.4 Å². The lowest BCUT2D eigenvalue weighted by Gasteiger charge is -2.10. The molecule has 5 heteroatoms. The standard InChI is InChI=1S/C16H26N2O3/c1-4-6-14-9-13(16(19)20)10-15(18-14)17-7-5-8-21-11-12(2)3/h9-10,12H,4-8,11H2,1-3H3,(H,17,18)(H,19,20). The molecule has 0 aliphatic rings. The van der Waals surface area contributed by atoms with E-state index in [1.807, 2.05) is 6.92 Å². The number of hydrogen-bond donors (Lipinski definition) is 2. The molecular formula is C16H26N2O3. The van der Waals surface area contributed by atoms with Crippen molar-refractivity contribution in [2.75, 3.05) is 25.1 Å². The molecule has 0 unspecified atom stereocenters. The molecular weight excluding hydrogens is 268 g/mol. The maximum Gasteiger partial charge on any atom is 0.335 e. The number of aromatic carboxylic acids is 1. The predicted molar refractivity (Wildman–Crippen MR) is 84.0 cm³/mol. The molecule has 0 aliphatic heterocycles. The third kappa shape index (κ3) is 7.09. The van der Waals surface area contributed by atoms with Crippen LogP contribution >= 0.6 is 0 Å². The number of nitrogens with zero attached hydrogens (tertiary/aromatic N) is 1. The fourth-order valence-corrected chi connectivity index (χ4v) is 1.90. The fourth-order valence-electron chi connectivity index (χ4n) is 1.90. The van der Waals surface area contributed by atoms with Gasteiger partial charge in [-0.05, 0) is 30.9 Å². The van der Waals surface area contributed by atoms with Gasteiger partial charge in [0.25, 0.3) is 0 Å². The molecule has 0 radical (unpaired) electrons. The fraction of sp³-hybridized carbons (Fsp3) is 0.625. The number of carbonyl (C=O) groups is 1. The highest BCUT2D eigenvalue weighted by Crippen LogP contribution is 2.12. The van der Waals surface area contributed by atoms with Crippen LogP contribution in [0.5, 0.6) is 0 Å². The van der Waals surface area contributed by atoms with Crippen molar-refractivity contribution in [2.24, 2.45) is 5.92 Å². The Morgan fingerprint density at radius 1 is 1.43 bits per heavy atom. The molecule has 118 valence electrons. The number of pyridine rings is 1. The largest absolute Gasteiger partial charge is 0.478 e. The number of aromatic nitrogens is 1. The molecule has 5 nitrogen and oxygen atoms in total. The number of hydrogen-bond acceptors (Lipinski definition) is 4. The van der Waals surface area contributed by atoms with Crippen LogP contribution in [0.1, 0.15) is 49.7 Å². The zero-order valence-electron chi connectivity index (χ0n) is 13.2. The van der Waals surface area contributed by atoms with Gasteiger partial charge in [-0.2, -0.15) is 0 Å². The summed E-state index contributed by atoms with van der Waals surface area (Å²) in [5.41, 5.74) is 1.10. The maximum absolute atomic E-state index is 11.1. The first-order valence-electron chi connectivity index (χ1n) is 7.58. The van der Waals surface area contributed by atoms with Crippen LogP contribution in [0.2, 0.25) is 0 Å². The molecule has 0 aliphatic carbocycles. The molecule has 0 saturated heterocycles. The number of ether oxygens (including phenoxy) is 1. The summed E-state index contributed by atoms with van der Waals surface area (Å²) in [6, 6.07) is 3.22. The van der Waals surface area contributed by atoms with Crippen LogP contribution < -0.4 is 5.32 Å². The third-order valence-corrected chi connectivity index (χ3v) is 2.85. The van der Waals surface area contributed by atoms with Crippen molar-refractivity contribution in [1.82, 2.24) is 4.98 Å². The van der Waals surface area contributed by atoms with Crippen LogP contribution in [-0.4, -0.2) is 35.8 Å². The summed E-state index contributed by atoms with van der Waals surface area (Å²) in [6.07, 6.45) is 2.60. The summed E-state index contributed by atoms with van der Waals surface area (Å²) in [4.78, 5) is 15.5. The Morgan fingerprint density at radius 2 is 2.19 bits per heavy atom. The second kappa shape index (κ2) is 9.34. The van der Waals surface area contributed by atoms with Crippen LogP contribution in [0.25, 0.3) is 0 Å². The first-order valence-corrected chi connectivity index (χ1v) is 7.58. The van der Waals surface area contributed by atoms with E-state index in [0.717, 1.165) is 38.1 Å². The Labute approximate surface area is 126 Å². The van der Waals surface area contributed by atoms with E-state index in [4.69, 9.17) is 9.84 Å². The normalized spacial score (nSPS) is 10.9. The van der Waals surface area contributed by atoms with Crippen LogP contribution in [0.4, 0.5) is 5.82 Å². The molecule has 1 heterocycles. The van der Waals surface area contributed by atoms with Crippen molar-refractivity contribution < 1.29 is 14.6 Å². The summed E-state index contributed by atoms with van der Waals surface area (Å²) < 4.78 is 5.50. The van der Waals surface area contributed by atoms with Gasteiger partial charge in [0.2, 0.25) is 0 Å². The summed E-state index contributed by atoms with van der Waals surface area (Å²) in [6.45, 7) is 8.48. The van der Waals surface area contributed by atoms with E-state index >= 15 is 0 Å². The average molecular weight is 294 g/mol. The monoisotopic (exact) mass is 294 g/mol. The van der Waals surface area contributed by atoms with E-state index in [9.17, 15) is 4.79 Å². The smallest absolute Gasteiger partial charge is 0.335 e. The van der Waals surface area contributed by atoms with Crippen LogP contribution in [0.3, 0.4) is 0 Å². The third-order valence-electron chi connectivity index (χ3n) is 2.85. The Kier molecular flexibility index (Phi) is 7.75. The van der Waals surface area contributed by atoms with E-state index in [2.05, 4.69) is 24.1 Å². The van der Waals surface area contributed by atoms with Gasteiger partial charge < -0.3 is 15.2 Å². The van der Waals surface area contributed by atoms with Gasteiger partial charge in [-0.25, -0.2) is 9.78 Å². The lowest BCUT2D eigenvalue weighted by Crippen LogP contribution is -2.11. The molecule has 0 saturated carbocycles. The highest BCUT2D eigenvalue weighted by Gasteiger charge is 2.08. The van der Waals surface area contributed by atoms with Gasteiger partial charge in [0.05, 0.1) is 5.56 Å². The maximum atomic E-state index is 11.1. The highest BCUT2D eigenvalue weighted by molar-refractivity contribution is 5.88. The number of carboxylic acids is 1. The van der Waals surface area contributed by atoms with Crippen molar-refractivity contribution >= 4 is 11.8 Å². The lowest BCUT2D eigenvalue weighted by molar-refractivity contribution is 0.0696. The van der Waals surface area contributed by atoms with E-state index < -0.39 is 5.97 Å². The molecule has 1 aromatic heterocycles. The van der Waals surface area contributed by atoms with Gasteiger partial charge in [0.1, 0.15) is 5.82 Å². The summed E-state index contributed by atoms with van der Waals surface area (Å²) in [7, 11) is 0. The minimum Gasteiger partial charge on any atom is -0.478 e. The molecule has 0 amide bonds. The van der Waals surface area contributed by atoms with Gasteiger partial charge in [0.15, 0.2) is 0 Å². The quantitative estimate of drug-likeness (QED) is 0.648. The van der Waals surface area contributed by atoms with E-state index in [1.165, 1.54) is 0 Å². The first kappa shape index (κ1) is 17.4. The Hall–Kier alpha value is -1.62. The van der Waals surface area contributed by atoms with Crippen molar-refractivity contribution in [2.45, 2.75) is 40.0 Å². The molecule has 2 N–H and O–H groups in total. The predicted octanol–water partition coefficient (Wildman–Crippen LogP) is 3.21. The van der Waals surface area contributed by atoms with Gasteiger partial charge in [0, 0.05) is 25.5 Å². The Bertz CT molecular complexity index is 447. The van der Waals surface area contributed by atoms with E-state index in [0.29, 0.717) is 18.3 Å². The van der Waals surface area contributed by atoms with Crippen LogP contribution in [0.15, 0.2) is 12.1 Å². The number of aryl methyl sites for hydroxylation is 1. The second-order valence-electron chi connectivity index (χ2n) is 5.54. The Morgan fingerprint density at radius 3 is 2.81 bits per heavy atom. The molecule has 0 aromatic carbocycles. The lowest BCUT2D eigenvalue weighted by atomic mass is 10.1. The summed E-state index contributed by atoms with van der Waals surface area (Å²) in [5, 5.41) is 12.3. The summed E-state index contributed by atoms with van der Waals surface area (Å²) in [5.74, 6) is 0.253. The summed E-state index contributed by atoms with van der Waals surface area (Å²) >= 11 is 0. The van der Waals surface area contributed by atoms with Crippen LogP contribution in [0, 0.1) is 5.92 Å². The Balaban J connectivity index is 2.48. The van der Waals surface area contributed by atoms with Crippen LogP contribution in [-0.2, 0) is 11.2 Å². The topological polar surface area (TPSA) is 71.5 Å². The van der Waals surface area contributed by atoms with E-state index in [-0.39, 0.29) is 5.56 Å². The molecule has 1 aromatic rings. The minimum absolute atomic E-state index is 0.284. The van der Waals surface area contributed by atoms with Gasteiger partial charge in [-0.1, -0.05) is 27.2 Å². The first-order chi connectivity index (χ1) is 10.0. The zero-order chi connectivity index (χ0) is 15.7. The van der Waals surface area contributed by atoms with E-state index in [1.54, 1.807) is 12.1 Å². The second-order valence-corrected chi connectivity index (χ2v) is 5.54. The number of anilines is 1. The molecule has 21 heavy (non-hydrogen) atoms. The SMILES string of the molecule is CCCc1cc(C(=O)O)cc(NCCCOCC(C)C)n1. The highest BCUT2D eigenvalue weighted by atomic mass is 16.5. The van der Waals surface area contributed by atoms with Gasteiger partial charge >= 0.3 is 5.97 Å².